The van der Waals surface area contributed by atoms with Crippen LogP contribution in [0.2, 0.25) is 0 Å². The molecule has 5 nitrogen and oxygen atoms in total. The van der Waals surface area contributed by atoms with Crippen molar-refractivity contribution in [2.24, 2.45) is 0 Å². The van der Waals surface area contributed by atoms with Gasteiger partial charge in [0.25, 0.3) is 5.91 Å². The van der Waals surface area contributed by atoms with Gasteiger partial charge >= 0.3 is 6.03 Å². The standard InChI is InChI=1S/C16H19N3O2/c20-14-16(18-15(21)17-14)8-9-19(10-16)13-7-3-5-11-4-1-2-6-12(11)13/h1-2,4,6,13H,3,5,7-10H2,(H2,17,18,20,21). The number of carbonyl (C=O) groups excluding carboxylic acids is 2. The van der Waals surface area contributed by atoms with E-state index in [0.29, 0.717) is 19.0 Å². The molecular formula is C16H19N3O2. The minimum Gasteiger partial charge on any atom is -0.322 e. The number of aryl methyl sites for hydroxylation is 1. The van der Waals surface area contributed by atoms with Gasteiger partial charge in [-0.2, -0.15) is 0 Å². The van der Waals surface area contributed by atoms with Gasteiger partial charge in [-0.1, -0.05) is 24.3 Å². The number of hydrogen-bond donors (Lipinski definition) is 2. The molecule has 1 aromatic rings. The molecule has 0 aromatic heterocycles. The van der Waals surface area contributed by atoms with Crippen molar-refractivity contribution in [1.29, 1.82) is 0 Å². The summed E-state index contributed by atoms with van der Waals surface area (Å²) in [5.41, 5.74) is 2.11. The summed E-state index contributed by atoms with van der Waals surface area (Å²) >= 11 is 0. The Labute approximate surface area is 123 Å². The van der Waals surface area contributed by atoms with Crippen LogP contribution in [0.15, 0.2) is 24.3 Å². The number of hydrogen-bond acceptors (Lipinski definition) is 3. The summed E-state index contributed by atoms with van der Waals surface area (Å²) in [4.78, 5) is 25.9. The molecule has 4 rings (SSSR count). The highest BCUT2D eigenvalue weighted by Gasteiger charge is 2.51. The van der Waals surface area contributed by atoms with E-state index >= 15 is 0 Å². The van der Waals surface area contributed by atoms with Crippen LogP contribution in [0.25, 0.3) is 0 Å². The fourth-order valence-electron chi connectivity index (χ4n) is 4.03. The predicted octanol–water partition coefficient (Wildman–Crippen LogP) is 1.35. The first kappa shape index (κ1) is 12.8. The summed E-state index contributed by atoms with van der Waals surface area (Å²) in [5.74, 6) is -0.168. The third-order valence-electron chi connectivity index (χ3n) is 5.09. The maximum Gasteiger partial charge on any atom is 0.322 e. The molecule has 2 N–H and O–H groups in total. The van der Waals surface area contributed by atoms with Gasteiger partial charge in [-0.05, 0) is 36.8 Å². The van der Waals surface area contributed by atoms with Crippen molar-refractivity contribution in [3.8, 4) is 0 Å². The number of fused-ring (bicyclic) bond motifs is 1. The van der Waals surface area contributed by atoms with E-state index < -0.39 is 5.54 Å². The summed E-state index contributed by atoms with van der Waals surface area (Å²) in [5, 5.41) is 5.21. The van der Waals surface area contributed by atoms with Crippen LogP contribution in [0.5, 0.6) is 0 Å². The van der Waals surface area contributed by atoms with Gasteiger partial charge in [0.15, 0.2) is 0 Å². The van der Waals surface area contributed by atoms with Gasteiger partial charge in [0.2, 0.25) is 0 Å². The van der Waals surface area contributed by atoms with Gasteiger partial charge < -0.3 is 5.32 Å². The molecule has 1 aromatic carbocycles. The van der Waals surface area contributed by atoms with Crippen molar-refractivity contribution in [3.05, 3.63) is 35.4 Å². The molecule has 1 aliphatic carbocycles. The SMILES string of the molecule is O=C1NC(=O)C2(CCN(C3CCCc4ccccc43)C2)N1. The Morgan fingerprint density at radius 1 is 1.24 bits per heavy atom. The lowest BCUT2D eigenvalue weighted by Crippen LogP contribution is -2.49. The molecular weight excluding hydrogens is 266 g/mol. The number of benzene rings is 1. The molecule has 110 valence electrons. The molecule has 2 atom stereocenters. The largest absolute Gasteiger partial charge is 0.322 e. The van der Waals surface area contributed by atoms with Crippen molar-refractivity contribution in [2.75, 3.05) is 13.1 Å². The van der Waals surface area contributed by atoms with Crippen molar-refractivity contribution >= 4 is 11.9 Å². The Bertz CT molecular complexity index is 615. The molecule has 21 heavy (non-hydrogen) atoms. The lowest BCUT2D eigenvalue weighted by Gasteiger charge is -2.33. The molecule has 0 bridgehead atoms. The fraction of sp³-hybridized carbons (Fsp3) is 0.500. The number of rotatable bonds is 1. The van der Waals surface area contributed by atoms with Gasteiger partial charge in [-0.15, -0.1) is 0 Å². The zero-order valence-electron chi connectivity index (χ0n) is 11.9. The van der Waals surface area contributed by atoms with Gasteiger partial charge in [0, 0.05) is 19.1 Å². The Hall–Kier alpha value is -1.88. The molecule has 2 unspecified atom stereocenters. The molecule has 0 saturated carbocycles. The summed E-state index contributed by atoms with van der Waals surface area (Å²) < 4.78 is 0. The third-order valence-corrected chi connectivity index (χ3v) is 5.09. The van der Waals surface area contributed by atoms with Crippen LogP contribution in [-0.4, -0.2) is 35.5 Å². The second-order valence-corrected chi connectivity index (χ2v) is 6.32. The second-order valence-electron chi connectivity index (χ2n) is 6.32. The van der Waals surface area contributed by atoms with Crippen molar-refractivity contribution in [2.45, 2.75) is 37.3 Å². The Morgan fingerprint density at radius 3 is 2.90 bits per heavy atom. The Balaban J connectivity index is 1.60. The first-order chi connectivity index (χ1) is 10.2. The minimum atomic E-state index is -0.705. The predicted molar refractivity (Wildman–Crippen MR) is 77.7 cm³/mol. The summed E-state index contributed by atoms with van der Waals surface area (Å²) in [7, 11) is 0. The normalized spacial score (nSPS) is 32.1. The highest BCUT2D eigenvalue weighted by Crippen LogP contribution is 2.38. The van der Waals surface area contributed by atoms with Gasteiger partial charge in [-0.3, -0.25) is 15.0 Å². The number of imide groups is 1. The number of likely N-dealkylation sites (tertiary alicyclic amines) is 1. The van der Waals surface area contributed by atoms with E-state index in [2.05, 4.69) is 39.8 Å². The van der Waals surface area contributed by atoms with Crippen LogP contribution >= 0.6 is 0 Å². The van der Waals surface area contributed by atoms with Crippen LogP contribution < -0.4 is 10.6 Å². The third kappa shape index (κ3) is 1.95. The summed E-state index contributed by atoms with van der Waals surface area (Å²) in [6.45, 7) is 1.47. The van der Waals surface area contributed by atoms with Gasteiger partial charge in [-0.25, -0.2) is 4.79 Å². The minimum absolute atomic E-state index is 0.168. The Morgan fingerprint density at radius 2 is 2.10 bits per heavy atom. The first-order valence-electron chi connectivity index (χ1n) is 7.63. The average Bonchev–Trinajstić information content (AvgIpc) is 3.03. The van der Waals surface area contributed by atoms with Crippen LogP contribution in [0.1, 0.15) is 36.4 Å². The number of carbonyl (C=O) groups is 2. The van der Waals surface area contributed by atoms with Crippen molar-refractivity contribution in [1.82, 2.24) is 15.5 Å². The smallest absolute Gasteiger partial charge is 0.322 e. The first-order valence-corrected chi connectivity index (χ1v) is 7.63. The summed E-state index contributed by atoms with van der Waals surface area (Å²) in [6, 6.07) is 8.62. The van der Waals surface area contributed by atoms with E-state index in [-0.39, 0.29) is 11.9 Å². The van der Waals surface area contributed by atoms with Crippen LogP contribution in [0.3, 0.4) is 0 Å². The van der Waals surface area contributed by atoms with E-state index in [1.165, 1.54) is 17.5 Å². The molecule has 3 amide bonds. The van der Waals surface area contributed by atoms with E-state index in [1.54, 1.807) is 0 Å². The summed E-state index contributed by atoms with van der Waals surface area (Å²) in [6.07, 6.45) is 4.15. The lowest BCUT2D eigenvalue weighted by atomic mass is 9.87. The highest BCUT2D eigenvalue weighted by molar-refractivity contribution is 6.07. The van der Waals surface area contributed by atoms with Crippen molar-refractivity contribution in [3.63, 3.8) is 0 Å². The monoisotopic (exact) mass is 285 g/mol. The van der Waals surface area contributed by atoms with E-state index in [9.17, 15) is 9.59 Å². The Kier molecular flexibility index (Phi) is 2.79. The second kappa shape index (κ2) is 4.56. The van der Waals surface area contributed by atoms with E-state index in [4.69, 9.17) is 0 Å². The molecule has 2 fully saturated rings. The maximum absolute atomic E-state index is 12.1. The van der Waals surface area contributed by atoms with Crippen molar-refractivity contribution < 1.29 is 9.59 Å². The molecule has 2 aliphatic heterocycles. The highest BCUT2D eigenvalue weighted by atomic mass is 16.2. The zero-order chi connectivity index (χ0) is 14.4. The number of urea groups is 1. The molecule has 5 heteroatoms. The van der Waals surface area contributed by atoms with Crippen LogP contribution in [-0.2, 0) is 11.2 Å². The molecule has 0 radical (unpaired) electrons. The van der Waals surface area contributed by atoms with Gasteiger partial charge in [0.05, 0.1) is 0 Å². The number of amides is 3. The molecule has 1 spiro atoms. The molecule has 2 heterocycles. The molecule has 2 saturated heterocycles. The lowest BCUT2D eigenvalue weighted by molar-refractivity contribution is -0.123. The number of nitrogens with zero attached hydrogens (tertiary/aromatic N) is 1. The van der Waals surface area contributed by atoms with Crippen LogP contribution in [0.4, 0.5) is 4.79 Å². The quantitative estimate of drug-likeness (QED) is 0.766. The topological polar surface area (TPSA) is 61.4 Å². The zero-order valence-corrected chi connectivity index (χ0v) is 11.9. The van der Waals surface area contributed by atoms with Gasteiger partial charge in [0.1, 0.15) is 5.54 Å². The average molecular weight is 285 g/mol. The molecule has 3 aliphatic rings. The number of nitrogens with one attached hydrogen (secondary N) is 2. The fourth-order valence-corrected chi connectivity index (χ4v) is 4.03. The maximum atomic E-state index is 12.1. The van der Waals surface area contributed by atoms with E-state index in [1.807, 2.05) is 0 Å². The van der Waals surface area contributed by atoms with E-state index in [0.717, 1.165) is 19.4 Å². The van der Waals surface area contributed by atoms with Crippen LogP contribution in [0, 0.1) is 0 Å².